The molecule has 10 heteroatoms. The Kier molecular flexibility index (Phi) is 4.63. The monoisotopic (exact) mass is 357 g/mol. The summed E-state index contributed by atoms with van der Waals surface area (Å²) in [4.78, 5) is 21.3. The lowest BCUT2D eigenvalue weighted by atomic mass is 9.98. The molecule has 7 nitrogen and oxygen atoms in total. The van der Waals surface area contributed by atoms with Crippen molar-refractivity contribution in [2.45, 2.75) is 33.0 Å². The van der Waals surface area contributed by atoms with E-state index in [9.17, 15) is 18.0 Å². The molecule has 1 saturated heterocycles. The Morgan fingerprint density at radius 1 is 1.36 bits per heavy atom. The second-order valence-electron chi connectivity index (χ2n) is 6.02. The molecule has 1 unspecified atom stereocenters. The van der Waals surface area contributed by atoms with Crippen molar-refractivity contribution in [1.29, 1.82) is 0 Å². The van der Waals surface area contributed by atoms with E-state index in [-0.39, 0.29) is 30.0 Å². The molecule has 1 fully saturated rings. The third-order valence-corrected chi connectivity index (χ3v) is 4.02. The highest BCUT2D eigenvalue weighted by molar-refractivity contribution is 5.81. The lowest BCUT2D eigenvalue weighted by Crippen LogP contribution is -2.39. The number of hydrogen-bond donors (Lipinski definition) is 0. The zero-order chi connectivity index (χ0) is 18.2. The molecule has 0 aliphatic carbocycles. The van der Waals surface area contributed by atoms with Crippen LogP contribution in [-0.2, 0) is 17.5 Å². The van der Waals surface area contributed by atoms with Gasteiger partial charge in [-0.05, 0) is 6.92 Å². The Labute approximate surface area is 141 Å². The quantitative estimate of drug-likeness (QED) is 0.833. The first kappa shape index (κ1) is 17.6. The number of halogens is 3. The maximum atomic E-state index is 12.8. The first-order chi connectivity index (χ1) is 11.8. The normalized spacial score (nSPS) is 19.6. The number of ether oxygens (including phenoxy) is 1. The van der Waals surface area contributed by atoms with Crippen molar-refractivity contribution in [3.8, 4) is 5.88 Å². The minimum Gasteiger partial charge on any atom is -0.478 e. The van der Waals surface area contributed by atoms with Crippen molar-refractivity contribution < 1.29 is 22.7 Å². The zero-order valence-electron chi connectivity index (χ0n) is 13.9. The van der Waals surface area contributed by atoms with Gasteiger partial charge in [0.05, 0.1) is 12.3 Å². The van der Waals surface area contributed by atoms with Crippen molar-refractivity contribution in [2.24, 2.45) is 5.92 Å². The van der Waals surface area contributed by atoms with E-state index in [4.69, 9.17) is 4.74 Å². The Bertz CT molecular complexity index is 789. The number of carbonyl (C=O) groups is 1. The fraction of sp³-hybridized carbons (Fsp3) is 0.600. The number of carbonyl (C=O) groups excluding carboxylic acids is 1. The SMILES string of the molecule is CCOc1cc(CN2CCC(=O)C(C)C2)nc2nc(C(F)(F)F)nn12. The van der Waals surface area contributed by atoms with Crippen LogP contribution < -0.4 is 4.74 Å². The smallest absolute Gasteiger partial charge is 0.453 e. The van der Waals surface area contributed by atoms with Crippen LogP contribution in [0.2, 0.25) is 0 Å². The van der Waals surface area contributed by atoms with Gasteiger partial charge < -0.3 is 4.74 Å². The number of rotatable bonds is 4. The predicted octanol–water partition coefficient (Wildman–Crippen LogP) is 1.95. The molecule has 2 aromatic rings. The Morgan fingerprint density at radius 2 is 2.12 bits per heavy atom. The molecule has 0 aromatic carbocycles. The molecule has 136 valence electrons. The minimum absolute atomic E-state index is 0.0613. The first-order valence-electron chi connectivity index (χ1n) is 7.99. The van der Waals surface area contributed by atoms with Crippen molar-refractivity contribution >= 4 is 11.6 Å². The fourth-order valence-corrected chi connectivity index (χ4v) is 2.81. The Hall–Kier alpha value is -2.23. The van der Waals surface area contributed by atoms with Crippen LogP contribution in [0.4, 0.5) is 13.2 Å². The van der Waals surface area contributed by atoms with E-state index in [0.717, 1.165) is 4.52 Å². The summed E-state index contributed by atoms with van der Waals surface area (Å²) in [6.45, 7) is 5.46. The number of alkyl halides is 3. The van der Waals surface area contributed by atoms with Crippen LogP contribution in [0.3, 0.4) is 0 Å². The number of fused-ring (bicyclic) bond motifs is 1. The number of piperidine rings is 1. The number of Topliss-reactive ketones (excluding diaryl/α,β-unsaturated/α-hetero) is 1. The molecule has 1 aliphatic rings. The molecule has 25 heavy (non-hydrogen) atoms. The molecule has 0 amide bonds. The molecular weight excluding hydrogens is 339 g/mol. The van der Waals surface area contributed by atoms with Gasteiger partial charge in [0.1, 0.15) is 5.78 Å². The standard InChI is InChI=1S/C15H18F3N5O2/c1-3-25-12-6-10(8-22-5-4-11(24)9(2)7-22)19-14-20-13(15(16,17)18)21-23(12)14/h6,9H,3-5,7-8H2,1-2H3. The molecule has 2 aromatic heterocycles. The molecule has 0 bridgehead atoms. The van der Waals surface area contributed by atoms with Crippen LogP contribution in [0.25, 0.3) is 5.78 Å². The summed E-state index contributed by atoms with van der Waals surface area (Å²) in [6.07, 6.45) is -4.19. The molecular formula is C15H18F3N5O2. The van der Waals surface area contributed by atoms with Gasteiger partial charge in [0.2, 0.25) is 5.88 Å². The highest BCUT2D eigenvalue weighted by atomic mass is 19.4. The maximum Gasteiger partial charge on any atom is 0.453 e. The van der Waals surface area contributed by atoms with Crippen LogP contribution >= 0.6 is 0 Å². The van der Waals surface area contributed by atoms with Crippen LogP contribution in [-0.4, -0.2) is 50.0 Å². The average molecular weight is 357 g/mol. The van der Waals surface area contributed by atoms with Crippen molar-refractivity contribution in [1.82, 2.24) is 24.5 Å². The summed E-state index contributed by atoms with van der Waals surface area (Å²) in [6, 6.07) is 1.56. The summed E-state index contributed by atoms with van der Waals surface area (Å²) < 4.78 is 44.9. The first-order valence-corrected chi connectivity index (χ1v) is 7.99. The molecule has 1 atom stereocenters. The highest BCUT2D eigenvalue weighted by Gasteiger charge is 2.37. The topological polar surface area (TPSA) is 72.6 Å². The van der Waals surface area contributed by atoms with Gasteiger partial charge >= 0.3 is 6.18 Å². The average Bonchev–Trinajstić information content (AvgIpc) is 2.96. The second-order valence-corrected chi connectivity index (χ2v) is 6.02. The molecule has 0 N–H and O–H groups in total. The minimum atomic E-state index is -4.65. The van der Waals surface area contributed by atoms with Crippen LogP contribution in [0, 0.1) is 5.92 Å². The van der Waals surface area contributed by atoms with Crippen LogP contribution in [0.1, 0.15) is 31.8 Å². The fourth-order valence-electron chi connectivity index (χ4n) is 2.81. The molecule has 0 spiro atoms. The lowest BCUT2D eigenvalue weighted by Gasteiger charge is -2.29. The number of ketones is 1. The predicted molar refractivity (Wildman–Crippen MR) is 81.0 cm³/mol. The van der Waals surface area contributed by atoms with Crippen LogP contribution in [0.5, 0.6) is 5.88 Å². The van der Waals surface area contributed by atoms with E-state index in [1.54, 1.807) is 13.0 Å². The largest absolute Gasteiger partial charge is 0.478 e. The Balaban J connectivity index is 1.92. The van der Waals surface area contributed by atoms with Gasteiger partial charge in [0.25, 0.3) is 11.6 Å². The summed E-state index contributed by atoms with van der Waals surface area (Å²) >= 11 is 0. The van der Waals surface area contributed by atoms with Crippen LogP contribution in [0.15, 0.2) is 6.07 Å². The Morgan fingerprint density at radius 3 is 2.76 bits per heavy atom. The van der Waals surface area contributed by atoms with E-state index in [2.05, 4.69) is 15.1 Å². The molecule has 0 saturated carbocycles. The van der Waals surface area contributed by atoms with Gasteiger partial charge in [0.15, 0.2) is 0 Å². The zero-order valence-corrected chi connectivity index (χ0v) is 13.9. The highest BCUT2D eigenvalue weighted by Crippen LogP contribution is 2.27. The van der Waals surface area contributed by atoms with Gasteiger partial charge in [-0.2, -0.15) is 22.7 Å². The van der Waals surface area contributed by atoms with E-state index in [0.29, 0.717) is 31.7 Å². The molecule has 1 aliphatic heterocycles. The van der Waals surface area contributed by atoms with Gasteiger partial charge in [-0.15, -0.1) is 5.10 Å². The number of aromatic nitrogens is 4. The number of likely N-dealkylation sites (tertiary alicyclic amines) is 1. The molecule has 0 radical (unpaired) electrons. The van der Waals surface area contributed by atoms with Gasteiger partial charge in [-0.25, -0.2) is 4.98 Å². The van der Waals surface area contributed by atoms with Gasteiger partial charge in [0, 0.05) is 38.0 Å². The van der Waals surface area contributed by atoms with E-state index >= 15 is 0 Å². The summed E-state index contributed by atoms with van der Waals surface area (Å²) in [7, 11) is 0. The van der Waals surface area contributed by atoms with Crippen molar-refractivity contribution in [3.05, 3.63) is 17.6 Å². The van der Waals surface area contributed by atoms with Gasteiger partial charge in [-0.1, -0.05) is 6.92 Å². The third-order valence-electron chi connectivity index (χ3n) is 4.02. The van der Waals surface area contributed by atoms with E-state index in [1.165, 1.54) is 0 Å². The van der Waals surface area contributed by atoms with Crippen molar-refractivity contribution in [2.75, 3.05) is 19.7 Å². The van der Waals surface area contributed by atoms with Crippen molar-refractivity contribution in [3.63, 3.8) is 0 Å². The number of hydrogen-bond acceptors (Lipinski definition) is 6. The van der Waals surface area contributed by atoms with Gasteiger partial charge in [-0.3, -0.25) is 9.69 Å². The lowest BCUT2D eigenvalue weighted by molar-refractivity contribution is -0.144. The summed E-state index contributed by atoms with van der Waals surface area (Å²) in [5.74, 6) is -1.09. The summed E-state index contributed by atoms with van der Waals surface area (Å²) in [5.41, 5.74) is 0.527. The molecule has 3 heterocycles. The maximum absolute atomic E-state index is 12.8. The third kappa shape index (κ3) is 3.73. The second kappa shape index (κ2) is 6.58. The summed E-state index contributed by atoms with van der Waals surface area (Å²) in [5, 5.41) is 3.45. The molecule has 3 rings (SSSR count). The van der Waals surface area contributed by atoms with E-state index in [1.807, 2.05) is 11.8 Å². The number of nitrogens with zero attached hydrogens (tertiary/aromatic N) is 5. The van der Waals surface area contributed by atoms with E-state index < -0.39 is 12.0 Å².